The predicted octanol–water partition coefficient (Wildman–Crippen LogP) is 1.47. The van der Waals surface area contributed by atoms with E-state index in [1.807, 2.05) is 20.8 Å². The van der Waals surface area contributed by atoms with Crippen LogP contribution in [0.5, 0.6) is 0 Å². The summed E-state index contributed by atoms with van der Waals surface area (Å²) in [7, 11) is 0. The minimum atomic E-state index is -0.625. The zero-order valence-corrected chi connectivity index (χ0v) is 16.0. The molecule has 130 valence electrons. The molecule has 2 aliphatic heterocycles. The van der Waals surface area contributed by atoms with E-state index in [4.69, 9.17) is 10.5 Å². The summed E-state index contributed by atoms with van der Waals surface area (Å²) in [4.78, 5) is 26.3. The number of ether oxygens (including phenoxy) is 1. The maximum absolute atomic E-state index is 12.7. The molecule has 24 heavy (non-hydrogen) atoms. The molecule has 2 aliphatic rings. The lowest BCUT2D eigenvalue weighted by Crippen LogP contribution is -2.68. The largest absolute Gasteiger partial charge is 0.455 e. The highest BCUT2D eigenvalue weighted by Crippen LogP contribution is 2.41. The van der Waals surface area contributed by atoms with Crippen LogP contribution in [0.15, 0.2) is 21.7 Å². The summed E-state index contributed by atoms with van der Waals surface area (Å²) in [5, 5.41) is 3.62. The summed E-state index contributed by atoms with van der Waals surface area (Å²) in [5.74, 6) is 0.536. The number of β-lactam (4-membered cyclic amide) rings is 1. The van der Waals surface area contributed by atoms with Gasteiger partial charge in [-0.05, 0) is 37.9 Å². The SMILES string of the molecule is CC(C)(C)OC(=O)C1=C(CSc2cnns2)CS[C@@H]2[C@H](N)C(=O)N12. The Kier molecular flexibility index (Phi) is 4.92. The normalized spacial score (nSPS) is 23.8. The average molecular weight is 387 g/mol. The number of carbonyl (C=O) groups is 2. The molecule has 0 radical (unpaired) electrons. The fraction of sp³-hybridized carbons (Fsp3) is 0.571. The van der Waals surface area contributed by atoms with Crippen LogP contribution < -0.4 is 5.73 Å². The number of rotatable bonds is 4. The van der Waals surface area contributed by atoms with Crippen molar-refractivity contribution in [1.82, 2.24) is 14.5 Å². The molecule has 3 heterocycles. The van der Waals surface area contributed by atoms with Crippen molar-refractivity contribution in [3.05, 3.63) is 17.5 Å². The molecule has 10 heteroatoms. The van der Waals surface area contributed by atoms with Crippen LogP contribution in [0.25, 0.3) is 0 Å². The van der Waals surface area contributed by atoms with Gasteiger partial charge in [-0.1, -0.05) is 4.49 Å². The van der Waals surface area contributed by atoms with E-state index in [1.54, 1.807) is 29.7 Å². The number of nitrogens with zero attached hydrogens (tertiary/aromatic N) is 3. The quantitative estimate of drug-likeness (QED) is 0.472. The monoisotopic (exact) mass is 386 g/mol. The average Bonchev–Trinajstić information content (AvgIpc) is 3.02. The number of fused-ring (bicyclic) bond motifs is 1. The molecule has 0 aliphatic carbocycles. The van der Waals surface area contributed by atoms with Crippen LogP contribution in [0.4, 0.5) is 0 Å². The Balaban J connectivity index is 1.86. The van der Waals surface area contributed by atoms with Crippen LogP contribution in [0, 0.1) is 0 Å². The molecule has 1 saturated heterocycles. The first-order valence-corrected chi connectivity index (χ1v) is 10.1. The van der Waals surface area contributed by atoms with Gasteiger partial charge in [0.1, 0.15) is 26.9 Å². The molecule has 0 unspecified atom stereocenters. The third-order valence-corrected chi connectivity index (χ3v) is 6.69. The Labute approximate surface area is 152 Å². The number of aromatic nitrogens is 2. The lowest BCUT2D eigenvalue weighted by atomic mass is 10.0. The van der Waals surface area contributed by atoms with Crippen molar-refractivity contribution in [2.24, 2.45) is 5.73 Å². The zero-order valence-electron chi connectivity index (χ0n) is 13.5. The fourth-order valence-electron chi connectivity index (χ4n) is 2.39. The van der Waals surface area contributed by atoms with Crippen LogP contribution in [-0.4, -0.2) is 54.9 Å². The summed E-state index contributed by atoms with van der Waals surface area (Å²) < 4.78 is 10.3. The number of nitrogens with two attached hydrogens (primary N) is 1. The molecule has 1 amide bonds. The van der Waals surface area contributed by atoms with Gasteiger partial charge in [-0.25, -0.2) is 4.79 Å². The van der Waals surface area contributed by atoms with Gasteiger partial charge in [0.05, 0.1) is 6.20 Å². The summed E-state index contributed by atoms with van der Waals surface area (Å²) in [6, 6.07) is -0.549. The highest BCUT2D eigenvalue weighted by atomic mass is 32.2. The van der Waals surface area contributed by atoms with E-state index in [0.717, 1.165) is 9.78 Å². The van der Waals surface area contributed by atoms with Crippen LogP contribution in [0.3, 0.4) is 0 Å². The molecular formula is C14H18N4O3S3. The van der Waals surface area contributed by atoms with Crippen LogP contribution >= 0.6 is 35.1 Å². The van der Waals surface area contributed by atoms with Gasteiger partial charge in [-0.3, -0.25) is 9.69 Å². The van der Waals surface area contributed by atoms with E-state index in [1.165, 1.54) is 16.4 Å². The van der Waals surface area contributed by atoms with Crippen molar-refractivity contribution in [1.29, 1.82) is 0 Å². The van der Waals surface area contributed by atoms with Gasteiger partial charge in [0.2, 0.25) is 5.91 Å². The molecule has 2 atom stereocenters. The minimum Gasteiger partial charge on any atom is -0.455 e. The third-order valence-electron chi connectivity index (χ3n) is 3.41. The van der Waals surface area contributed by atoms with Crippen LogP contribution in [-0.2, 0) is 14.3 Å². The van der Waals surface area contributed by atoms with Gasteiger partial charge in [0, 0.05) is 11.5 Å². The van der Waals surface area contributed by atoms with Crippen molar-refractivity contribution in [2.45, 2.75) is 42.0 Å². The summed E-state index contributed by atoms with van der Waals surface area (Å²) in [6.07, 6.45) is 1.69. The Bertz CT molecular complexity index is 684. The number of amides is 1. The smallest absolute Gasteiger partial charge is 0.355 e. The molecule has 1 aromatic heterocycles. The number of thioether (sulfide) groups is 2. The Hall–Kier alpha value is -1.10. The van der Waals surface area contributed by atoms with Crippen LogP contribution in [0.2, 0.25) is 0 Å². The minimum absolute atomic E-state index is 0.182. The lowest BCUT2D eigenvalue weighted by molar-refractivity contribution is -0.157. The predicted molar refractivity (Wildman–Crippen MR) is 94.6 cm³/mol. The maximum Gasteiger partial charge on any atom is 0.355 e. The second kappa shape index (κ2) is 6.66. The van der Waals surface area contributed by atoms with Gasteiger partial charge in [-0.15, -0.1) is 28.6 Å². The molecule has 1 aromatic rings. The molecule has 0 bridgehead atoms. The molecular weight excluding hydrogens is 368 g/mol. The first-order chi connectivity index (χ1) is 11.3. The van der Waals surface area contributed by atoms with Gasteiger partial charge >= 0.3 is 5.97 Å². The van der Waals surface area contributed by atoms with Gasteiger partial charge < -0.3 is 10.5 Å². The molecule has 0 saturated carbocycles. The number of hydrogen-bond acceptors (Lipinski definition) is 9. The van der Waals surface area contributed by atoms with Crippen molar-refractivity contribution in [2.75, 3.05) is 11.5 Å². The maximum atomic E-state index is 12.7. The molecule has 3 rings (SSSR count). The lowest BCUT2D eigenvalue weighted by Gasteiger charge is -2.48. The van der Waals surface area contributed by atoms with Crippen molar-refractivity contribution in [3.8, 4) is 0 Å². The highest BCUT2D eigenvalue weighted by Gasteiger charge is 2.52. The van der Waals surface area contributed by atoms with Gasteiger partial charge in [-0.2, -0.15) is 0 Å². The molecule has 7 nitrogen and oxygen atoms in total. The molecule has 2 N–H and O–H groups in total. The first kappa shape index (κ1) is 17.7. The number of esters is 1. The van der Waals surface area contributed by atoms with E-state index < -0.39 is 17.6 Å². The van der Waals surface area contributed by atoms with E-state index in [0.29, 0.717) is 17.2 Å². The Morgan fingerprint density at radius 3 is 2.92 bits per heavy atom. The highest BCUT2D eigenvalue weighted by molar-refractivity contribution is 8.01. The molecule has 1 fully saturated rings. The molecule has 0 spiro atoms. The Morgan fingerprint density at radius 1 is 1.54 bits per heavy atom. The van der Waals surface area contributed by atoms with Crippen molar-refractivity contribution >= 4 is 46.9 Å². The standard InChI is InChI=1S/C14H18N4O3S3/c1-14(2,3)21-13(20)10-7(5-22-8-4-16-17-24-8)6-23-12-9(15)11(19)18(10)12/h4,9,12H,5-6,15H2,1-3H3/t9-,12-/m1/s1. The second-order valence-electron chi connectivity index (χ2n) is 6.41. The fourth-order valence-corrected chi connectivity index (χ4v) is 5.24. The summed E-state index contributed by atoms with van der Waals surface area (Å²) >= 11 is 4.43. The van der Waals surface area contributed by atoms with E-state index in [2.05, 4.69) is 9.59 Å². The number of carbonyl (C=O) groups excluding carboxylic acids is 2. The summed E-state index contributed by atoms with van der Waals surface area (Å²) in [6.45, 7) is 5.42. The summed E-state index contributed by atoms with van der Waals surface area (Å²) in [5.41, 5.74) is 6.46. The van der Waals surface area contributed by atoms with Crippen molar-refractivity contribution < 1.29 is 14.3 Å². The van der Waals surface area contributed by atoms with Gasteiger partial charge in [0.15, 0.2) is 0 Å². The number of hydrogen-bond donors (Lipinski definition) is 1. The molecule has 0 aromatic carbocycles. The third kappa shape index (κ3) is 3.46. The van der Waals surface area contributed by atoms with E-state index >= 15 is 0 Å². The zero-order chi connectivity index (χ0) is 17.5. The first-order valence-electron chi connectivity index (χ1n) is 7.34. The van der Waals surface area contributed by atoms with Gasteiger partial charge in [0.25, 0.3) is 0 Å². The van der Waals surface area contributed by atoms with E-state index in [9.17, 15) is 9.59 Å². The van der Waals surface area contributed by atoms with E-state index in [-0.39, 0.29) is 11.3 Å². The van der Waals surface area contributed by atoms with Crippen LogP contribution in [0.1, 0.15) is 20.8 Å². The topological polar surface area (TPSA) is 98.4 Å². The van der Waals surface area contributed by atoms with Crippen molar-refractivity contribution in [3.63, 3.8) is 0 Å². The Morgan fingerprint density at radius 2 is 2.29 bits per heavy atom. The second-order valence-corrected chi connectivity index (χ2v) is 9.58.